The van der Waals surface area contributed by atoms with Crippen LogP contribution in [0.1, 0.15) is 24.6 Å². The van der Waals surface area contributed by atoms with Gasteiger partial charge in [-0.05, 0) is 30.4 Å². The molecule has 1 aromatic heterocycles. The largest absolute Gasteiger partial charge is 0.359 e. The molecule has 0 N–H and O–H groups in total. The average Bonchev–Trinajstić information content (AvgIpc) is 2.35. The topological polar surface area (TPSA) is 16.1 Å². The molecule has 0 spiro atoms. The van der Waals surface area contributed by atoms with Crippen molar-refractivity contribution in [1.82, 2.24) is 4.98 Å². The van der Waals surface area contributed by atoms with Crippen LogP contribution >= 0.6 is 23.4 Å². The summed E-state index contributed by atoms with van der Waals surface area (Å²) in [6.45, 7) is 3.19. The number of thioether (sulfide) groups is 1. The molecule has 4 heteroatoms. The SMILES string of the molecule is CCCc1cc(CCl)cc(N(C)CCSC)n1. The van der Waals surface area contributed by atoms with E-state index in [1.54, 1.807) is 0 Å². The second-order valence-electron chi connectivity index (χ2n) is 4.12. The second-order valence-corrected chi connectivity index (χ2v) is 5.38. The molecule has 0 radical (unpaired) electrons. The van der Waals surface area contributed by atoms with Crippen LogP contribution in [0, 0.1) is 0 Å². The van der Waals surface area contributed by atoms with Crippen LogP contribution in [0.2, 0.25) is 0 Å². The van der Waals surface area contributed by atoms with E-state index >= 15 is 0 Å². The molecule has 0 saturated carbocycles. The van der Waals surface area contributed by atoms with E-state index in [0.717, 1.165) is 42.2 Å². The Morgan fingerprint density at radius 2 is 2.18 bits per heavy atom. The number of nitrogens with zero attached hydrogens (tertiary/aromatic N) is 2. The summed E-state index contributed by atoms with van der Waals surface area (Å²) in [7, 11) is 2.09. The molecule has 1 rings (SSSR count). The molecule has 0 aliphatic carbocycles. The molecule has 0 aromatic carbocycles. The van der Waals surface area contributed by atoms with Gasteiger partial charge < -0.3 is 4.90 Å². The quantitative estimate of drug-likeness (QED) is 0.706. The Hall–Kier alpha value is -0.410. The fraction of sp³-hybridized carbons (Fsp3) is 0.615. The summed E-state index contributed by atoms with van der Waals surface area (Å²) >= 11 is 7.78. The van der Waals surface area contributed by atoms with E-state index in [9.17, 15) is 0 Å². The van der Waals surface area contributed by atoms with Gasteiger partial charge in [-0.15, -0.1) is 11.6 Å². The zero-order chi connectivity index (χ0) is 12.7. The molecule has 0 aliphatic rings. The summed E-state index contributed by atoms with van der Waals surface area (Å²) in [4.78, 5) is 6.88. The number of anilines is 1. The molecular formula is C13H21ClN2S. The van der Waals surface area contributed by atoms with Crippen LogP contribution in [-0.4, -0.2) is 30.6 Å². The molecule has 0 atom stereocenters. The minimum atomic E-state index is 0.558. The molecule has 0 bridgehead atoms. The minimum absolute atomic E-state index is 0.558. The molecule has 0 unspecified atom stereocenters. The van der Waals surface area contributed by atoms with Crippen molar-refractivity contribution in [2.45, 2.75) is 25.6 Å². The first-order valence-corrected chi connectivity index (χ1v) is 7.90. The summed E-state index contributed by atoms with van der Waals surface area (Å²) in [6, 6.07) is 4.20. The van der Waals surface area contributed by atoms with E-state index in [4.69, 9.17) is 11.6 Å². The maximum atomic E-state index is 5.93. The monoisotopic (exact) mass is 272 g/mol. The van der Waals surface area contributed by atoms with E-state index < -0.39 is 0 Å². The van der Waals surface area contributed by atoms with Crippen molar-refractivity contribution in [3.63, 3.8) is 0 Å². The van der Waals surface area contributed by atoms with Crippen molar-refractivity contribution in [2.75, 3.05) is 30.5 Å². The highest BCUT2D eigenvalue weighted by atomic mass is 35.5. The minimum Gasteiger partial charge on any atom is -0.359 e. The normalized spacial score (nSPS) is 10.6. The fourth-order valence-electron chi connectivity index (χ4n) is 1.63. The van der Waals surface area contributed by atoms with E-state index in [0.29, 0.717) is 5.88 Å². The van der Waals surface area contributed by atoms with Gasteiger partial charge in [-0.1, -0.05) is 13.3 Å². The maximum Gasteiger partial charge on any atom is 0.128 e. The van der Waals surface area contributed by atoms with Gasteiger partial charge in [0.2, 0.25) is 0 Å². The summed E-state index contributed by atoms with van der Waals surface area (Å²) in [5.41, 5.74) is 2.31. The molecule has 2 nitrogen and oxygen atoms in total. The lowest BCUT2D eigenvalue weighted by Crippen LogP contribution is -2.21. The number of aryl methyl sites for hydroxylation is 1. The number of rotatable bonds is 7. The Morgan fingerprint density at radius 3 is 2.76 bits per heavy atom. The maximum absolute atomic E-state index is 5.93. The van der Waals surface area contributed by atoms with Crippen LogP contribution in [-0.2, 0) is 12.3 Å². The number of pyridine rings is 1. The molecule has 0 fully saturated rings. The van der Waals surface area contributed by atoms with Gasteiger partial charge in [-0.25, -0.2) is 4.98 Å². The summed E-state index contributed by atoms with van der Waals surface area (Å²) in [5.74, 6) is 2.72. The standard InChI is InChI=1S/C13H21ClN2S/c1-4-5-12-8-11(10-14)9-13(15-12)16(2)6-7-17-3/h8-9H,4-7,10H2,1-3H3. The molecule has 1 aromatic rings. The zero-order valence-electron chi connectivity index (χ0n) is 10.9. The van der Waals surface area contributed by atoms with Crippen LogP contribution in [0.4, 0.5) is 5.82 Å². The third kappa shape index (κ3) is 4.76. The summed E-state index contributed by atoms with van der Waals surface area (Å²) in [5, 5.41) is 0. The second kappa shape index (κ2) is 7.83. The molecule has 1 heterocycles. The lowest BCUT2D eigenvalue weighted by Gasteiger charge is -2.19. The summed E-state index contributed by atoms with van der Waals surface area (Å²) < 4.78 is 0. The van der Waals surface area contributed by atoms with Crippen molar-refractivity contribution in [3.8, 4) is 0 Å². The van der Waals surface area contributed by atoms with Crippen molar-refractivity contribution in [3.05, 3.63) is 23.4 Å². The van der Waals surface area contributed by atoms with Gasteiger partial charge in [0.15, 0.2) is 0 Å². The van der Waals surface area contributed by atoms with Gasteiger partial charge in [0, 0.05) is 30.9 Å². The third-order valence-electron chi connectivity index (χ3n) is 2.61. The van der Waals surface area contributed by atoms with Crippen molar-refractivity contribution < 1.29 is 0 Å². The van der Waals surface area contributed by atoms with Crippen LogP contribution < -0.4 is 4.90 Å². The first-order valence-electron chi connectivity index (χ1n) is 5.97. The first-order chi connectivity index (χ1) is 8.21. The average molecular weight is 273 g/mol. The van der Waals surface area contributed by atoms with Crippen molar-refractivity contribution in [1.29, 1.82) is 0 Å². The third-order valence-corrected chi connectivity index (χ3v) is 3.51. The van der Waals surface area contributed by atoms with Gasteiger partial charge in [-0.2, -0.15) is 11.8 Å². The van der Waals surface area contributed by atoms with Crippen molar-refractivity contribution in [2.24, 2.45) is 0 Å². The van der Waals surface area contributed by atoms with E-state index in [1.165, 1.54) is 0 Å². The predicted molar refractivity (Wildman–Crippen MR) is 79.4 cm³/mol. The fourth-order valence-corrected chi connectivity index (χ4v) is 2.24. The van der Waals surface area contributed by atoms with E-state index in [-0.39, 0.29) is 0 Å². The Bertz CT molecular complexity index is 344. The van der Waals surface area contributed by atoms with Crippen molar-refractivity contribution >= 4 is 29.2 Å². The number of alkyl halides is 1. The predicted octanol–water partition coefficient (Wildman–Crippen LogP) is 3.57. The molecule has 0 aliphatic heterocycles. The molecule has 96 valence electrons. The first kappa shape index (κ1) is 14.7. The van der Waals surface area contributed by atoms with E-state index in [1.807, 2.05) is 11.8 Å². The Kier molecular flexibility index (Phi) is 6.75. The van der Waals surface area contributed by atoms with Gasteiger partial charge in [-0.3, -0.25) is 0 Å². The highest BCUT2D eigenvalue weighted by Crippen LogP contribution is 2.17. The van der Waals surface area contributed by atoms with Gasteiger partial charge in [0.25, 0.3) is 0 Å². The van der Waals surface area contributed by atoms with Gasteiger partial charge in [0.05, 0.1) is 0 Å². The molecule has 0 saturated heterocycles. The highest BCUT2D eigenvalue weighted by molar-refractivity contribution is 7.98. The number of hydrogen-bond donors (Lipinski definition) is 0. The number of hydrogen-bond acceptors (Lipinski definition) is 3. The lowest BCUT2D eigenvalue weighted by molar-refractivity contribution is 0.860. The van der Waals surface area contributed by atoms with Gasteiger partial charge in [0.1, 0.15) is 5.82 Å². The van der Waals surface area contributed by atoms with Crippen LogP contribution in [0.15, 0.2) is 12.1 Å². The van der Waals surface area contributed by atoms with Crippen LogP contribution in [0.5, 0.6) is 0 Å². The lowest BCUT2D eigenvalue weighted by atomic mass is 10.2. The Balaban J connectivity index is 2.85. The highest BCUT2D eigenvalue weighted by Gasteiger charge is 2.06. The number of aromatic nitrogens is 1. The molecule has 0 amide bonds. The zero-order valence-corrected chi connectivity index (χ0v) is 12.4. The van der Waals surface area contributed by atoms with Gasteiger partial charge >= 0.3 is 0 Å². The summed E-state index contributed by atoms with van der Waals surface area (Å²) in [6.07, 6.45) is 4.26. The van der Waals surface area contributed by atoms with Crippen LogP contribution in [0.3, 0.4) is 0 Å². The van der Waals surface area contributed by atoms with E-state index in [2.05, 4.69) is 42.2 Å². The molecule has 17 heavy (non-hydrogen) atoms. The number of halogens is 1. The smallest absolute Gasteiger partial charge is 0.128 e. The Morgan fingerprint density at radius 1 is 1.41 bits per heavy atom. The molecular weight excluding hydrogens is 252 g/mol. The van der Waals surface area contributed by atoms with Crippen LogP contribution in [0.25, 0.3) is 0 Å². The Labute approximate surface area is 114 Å².